The summed E-state index contributed by atoms with van der Waals surface area (Å²) < 4.78 is 5.44. The van der Waals surface area contributed by atoms with E-state index in [1.54, 1.807) is 18.2 Å². The van der Waals surface area contributed by atoms with Gasteiger partial charge in [0.1, 0.15) is 17.7 Å². The fourth-order valence-corrected chi connectivity index (χ4v) is 1.14. The first-order valence-corrected chi connectivity index (χ1v) is 4.59. The summed E-state index contributed by atoms with van der Waals surface area (Å²) in [6, 6.07) is 6.90. The highest BCUT2D eigenvalue weighted by Gasteiger charge is 2.07. The van der Waals surface area contributed by atoms with Crippen molar-refractivity contribution in [2.24, 2.45) is 5.73 Å². The van der Waals surface area contributed by atoms with Crippen LogP contribution in [0.3, 0.4) is 0 Å². The predicted octanol–water partition coefficient (Wildman–Crippen LogP) is 2.05. The number of rotatable bonds is 3. The molecule has 0 amide bonds. The minimum atomic E-state index is -0.0532. The maximum Gasteiger partial charge on any atom is 0.137 e. The van der Waals surface area contributed by atoms with Gasteiger partial charge in [0, 0.05) is 5.56 Å². The van der Waals surface area contributed by atoms with Crippen molar-refractivity contribution >= 4 is 18.2 Å². The second-order valence-corrected chi connectivity index (χ2v) is 3.40. The highest BCUT2D eigenvalue weighted by atomic mass is 35.5. The summed E-state index contributed by atoms with van der Waals surface area (Å²) in [7, 11) is 0. The number of ether oxygens (including phenoxy) is 1. The van der Waals surface area contributed by atoms with Crippen molar-refractivity contribution < 1.29 is 4.74 Å². The quantitative estimate of drug-likeness (QED) is 0.626. The van der Waals surface area contributed by atoms with Gasteiger partial charge in [-0.2, -0.15) is 5.26 Å². The van der Waals surface area contributed by atoms with E-state index in [0.717, 1.165) is 0 Å². The molecule has 0 spiro atoms. The number of nitriles is 1. The number of nitrogens with two attached hydrogens (primary N) is 1. The van der Waals surface area contributed by atoms with E-state index in [1.807, 2.05) is 19.9 Å². The van der Waals surface area contributed by atoms with Crippen molar-refractivity contribution in [2.45, 2.75) is 20.0 Å². The van der Waals surface area contributed by atoms with Crippen molar-refractivity contribution in [1.82, 2.24) is 0 Å². The molecule has 0 radical (unpaired) electrons. The molecule has 1 aromatic rings. The Morgan fingerprint density at radius 2 is 2.12 bits per heavy atom. The zero-order chi connectivity index (χ0) is 11.4. The van der Waals surface area contributed by atoms with Crippen molar-refractivity contribution in [2.75, 3.05) is 0 Å². The first kappa shape index (κ1) is 14.3. The van der Waals surface area contributed by atoms with Crippen molar-refractivity contribution in [3.63, 3.8) is 0 Å². The number of halogens is 1. The summed E-state index contributed by atoms with van der Waals surface area (Å²) in [5.41, 5.74) is 6.25. The van der Waals surface area contributed by atoms with E-state index in [-0.39, 0.29) is 24.3 Å². The van der Waals surface area contributed by atoms with Crippen LogP contribution in [0.25, 0.3) is 0 Å². The Kier molecular flexibility index (Phi) is 5.34. The number of amidine groups is 1. The Balaban J connectivity index is 0.00000225. The third-order valence-corrected chi connectivity index (χ3v) is 1.77. The van der Waals surface area contributed by atoms with Crippen LogP contribution in [0.5, 0.6) is 5.75 Å². The summed E-state index contributed by atoms with van der Waals surface area (Å²) in [4.78, 5) is 0. The van der Waals surface area contributed by atoms with E-state index >= 15 is 0 Å². The maximum absolute atomic E-state index is 8.90. The zero-order valence-corrected chi connectivity index (χ0v) is 9.97. The van der Waals surface area contributed by atoms with Crippen molar-refractivity contribution in [3.05, 3.63) is 29.3 Å². The van der Waals surface area contributed by atoms with Crippen LogP contribution in [0.2, 0.25) is 0 Å². The van der Waals surface area contributed by atoms with Crippen LogP contribution in [-0.4, -0.2) is 11.9 Å². The first-order valence-electron chi connectivity index (χ1n) is 4.59. The van der Waals surface area contributed by atoms with Gasteiger partial charge in [-0.1, -0.05) is 0 Å². The number of hydrogen-bond acceptors (Lipinski definition) is 3. The van der Waals surface area contributed by atoms with E-state index in [1.165, 1.54) is 0 Å². The Hall–Kier alpha value is -1.73. The van der Waals surface area contributed by atoms with Crippen LogP contribution in [0.1, 0.15) is 25.0 Å². The van der Waals surface area contributed by atoms with Gasteiger partial charge in [0.05, 0.1) is 11.7 Å². The first-order chi connectivity index (χ1) is 7.04. The summed E-state index contributed by atoms with van der Waals surface area (Å²) in [5, 5.41) is 16.1. The van der Waals surface area contributed by atoms with E-state index in [2.05, 4.69) is 0 Å². The second-order valence-electron chi connectivity index (χ2n) is 3.40. The molecule has 0 aromatic heterocycles. The number of nitrogen functional groups attached to an aromatic ring is 1. The van der Waals surface area contributed by atoms with Crippen LogP contribution in [-0.2, 0) is 0 Å². The molecular formula is C11H14ClN3O. The van der Waals surface area contributed by atoms with Crippen molar-refractivity contribution in [1.29, 1.82) is 10.7 Å². The van der Waals surface area contributed by atoms with Gasteiger partial charge in [-0.15, -0.1) is 12.4 Å². The minimum absolute atomic E-state index is 0. The van der Waals surface area contributed by atoms with Crippen LogP contribution in [0, 0.1) is 16.7 Å². The Morgan fingerprint density at radius 1 is 1.50 bits per heavy atom. The van der Waals surface area contributed by atoms with Gasteiger partial charge in [0.2, 0.25) is 0 Å². The lowest BCUT2D eigenvalue weighted by Gasteiger charge is -2.11. The SMILES string of the molecule is CC(C)Oc1ccc(C(=N)N)cc1C#N.Cl. The molecule has 4 nitrogen and oxygen atoms in total. The molecule has 0 saturated heterocycles. The standard InChI is InChI=1S/C11H13N3O.ClH/c1-7(2)15-10-4-3-8(11(13)14)5-9(10)6-12;/h3-5,7H,1-2H3,(H3,13,14);1H. The van der Waals surface area contributed by atoms with Gasteiger partial charge in [0.25, 0.3) is 0 Å². The fourth-order valence-electron chi connectivity index (χ4n) is 1.14. The lowest BCUT2D eigenvalue weighted by atomic mass is 10.1. The van der Waals surface area contributed by atoms with Gasteiger partial charge in [-0.25, -0.2) is 0 Å². The Labute approximate surface area is 101 Å². The third-order valence-electron chi connectivity index (χ3n) is 1.77. The number of nitrogens with zero attached hydrogens (tertiary/aromatic N) is 1. The molecular weight excluding hydrogens is 226 g/mol. The molecule has 0 unspecified atom stereocenters. The molecule has 1 rings (SSSR count). The predicted molar refractivity (Wildman–Crippen MR) is 65.2 cm³/mol. The summed E-state index contributed by atoms with van der Waals surface area (Å²) >= 11 is 0. The molecule has 0 aliphatic rings. The maximum atomic E-state index is 8.90. The number of hydrogen-bond donors (Lipinski definition) is 2. The Morgan fingerprint density at radius 3 is 2.56 bits per heavy atom. The molecule has 0 bridgehead atoms. The monoisotopic (exact) mass is 239 g/mol. The second kappa shape index (κ2) is 5.99. The summed E-state index contributed by atoms with van der Waals surface area (Å²) in [6.45, 7) is 3.78. The molecule has 0 aliphatic carbocycles. The molecule has 0 heterocycles. The molecule has 0 aliphatic heterocycles. The molecule has 5 heteroatoms. The summed E-state index contributed by atoms with van der Waals surface area (Å²) in [6.07, 6.45) is 0.0141. The molecule has 16 heavy (non-hydrogen) atoms. The van der Waals surface area contributed by atoms with Crippen molar-refractivity contribution in [3.8, 4) is 11.8 Å². The molecule has 1 aromatic carbocycles. The number of nitrogens with one attached hydrogen (secondary N) is 1. The Bertz CT molecular complexity index is 424. The van der Waals surface area contributed by atoms with Crippen LogP contribution in [0.15, 0.2) is 18.2 Å². The molecule has 3 N–H and O–H groups in total. The van der Waals surface area contributed by atoms with E-state index in [9.17, 15) is 0 Å². The number of benzene rings is 1. The molecule has 0 saturated carbocycles. The van der Waals surface area contributed by atoms with Crippen LogP contribution >= 0.6 is 12.4 Å². The largest absolute Gasteiger partial charge is 0.490 e. The minimum Gasteiger partial charge on any atom is -0.490 e. The van der Waals surface area contributed by atoms with Gasteiger partial charge >= 0.3 is 0 Å². The third kappa shape index (κ3) is 3.44. The average Bonchev–Trinajstić information content (AvgIpc) is 2.17. The average molecular weight is 240 g/mol. The normalized spacial score (nSPS) is 9.12. The van der Waals surface area contributed by atoms with E-state index in [4.69, 9.17) is 21.1 Å². The topological polar surface area (TPSA) is 82.9 Å². The van der Waals surface area contributed by atoms with Crippen LogP contribution < -0.4 is 10.5 Å². The fraction of sp³-hybridized carbons (Fsp3) is 0.273. The van der Waals surface area contributed by atoms with Gasteiger partial charge < -0.3 is 10.5 Å². The smallest absolute Gasteiger partial charge is 0.137 e. The lowest BCUT2D eigenvalue weighted by Crippen LogP contribution is -2.12. The van der Waals surface area contributed by atoms with Crippen LogP contribution in [0.4, 0.5) is 0 Å². The highest BCUT2D eigenvalue weighted by Crippen LogP contribution is 2.20. The summed E-state index contributed by atoms with van der Waals surface area (Å²) in [5.74, 6) is 0.472. The molecule has 86 valence electrons. The van der Waals surface area contributed by atoms with E-state index < -0.39 is 0 Å². The van der Waals surface area contributed by atoms with Gasteiger partial charge in [-0.3, -0.25) is 5.41 Å². The molecule has 0 atom stereocenters. The highest BCUT2D eigenvalue weighted by molar-refractivity contribution is 5.95. The van der Waals surface area contributed by atoms with E-state index in [0.29, 0.717) is 16.9 Å². The molecule has 0 fully saturated rings. The van der Waals surface area contributed by atoms with Gasteiger partial charge in [-0.05, 0) is 32.0 Å². The zero-order valence-electron chi connectivity index (χ0n) is 9.15. The lowest BCUT2D eigenvalue weighted by molar-refractivity contribution is 0.241. The van der Waals surface area contributed by atoms with Gasteiger partial charge in [0.15, 0.2) is 0 Å².